The van der Waals surface area contributed by atoms with E-state index in [4.69, 9.17) is 0 Å². The Morgan fingerprint density at radius 3 is 2.39 bits per heavy atom. The molecule has 5 nitrogen and oxygen atoms in total. The van der Waals surface area contributed by atoms with Crippen molar-refractivity contribution in [2.24, 2.45) is 5.92 Å². The number of amides is 1. The molecule has 0 unspecified atom stereocenters. The van der Waals surface area contributed by atoms with Crippen LogP contribution in [0.15, 0.2) is 41.3 Å². The summed E-state index contributed by atoms with van der Waals surface area (Å²) >= 11 is 0. The first kappa shape index (κ1) is 17.7. The van der Waals surface area contributed by atoms with Crippen LogP contribution in [0.2, 0.25) is 0 Å². The van der Waals surface area contributed by atoms with Crippen molar-refractivity contribution >= 4 is 21.6 Å². The minimum atomic E-state index is -3.45. The lowest BCUT2D eigenvalue weighted by molar-refractivity contribution is -0.116. The molecule has 1 aromatic carbocycles. The minimum Gasteiger partial charge on any atom is -0.326 e. The van der Waals surface area contributed by atoms with Crippen LogP contribution in [0, 0.1) is 5.92 Å². The van der Waals surface area contributed by atoms with E-state index in [1.54, 1.807) is 24.3 Å². The molecule has 0 aromatic heterocycles. The summed E-state index contributed by atoms with van der Waals surface area (Å²) in [6, 6.07) is 6.36. The van der Waals surface area contributed by atoms with Crippen LogP contribution in [0.3, 0.4) is 0 Å². The molecule has 0 bridgehead atoms. The molecule has 23 heavy (non-hydrogen) atoms. The molecule has 0 aliphatic heterocycles. The summed E-state index contributed by atoms with van der Waals surface area (Å²) in [6.07, 6.45) is 6.71. The molecule has 0 radical (unpaired) electrons. The number of hydrogen-bond acceptors (Lipinski definition) is 3. The van der Waals surface area contributed by atoms with Gasteiger partial charge in [-0.1, -0.05) is 26.0 Å². The molecule has 0 saturated heterocycles. The Morgan fingerprint density at radius 1 is 1.22 bits per heavy atom. The van der Waals surface area contributed by atoms with E-state index in [0.29, 0.717) is 31.1 Å². The Balaban J connectivity index is 2.01. The molecular formula is C17H24N2O3S. The average molecular weight is 336 g/mol. The monoisotopic (exact) mass is 336 g/mol. The Kier molecular flexibility index (Phi) is 5.96. The normalized spacial score (nSPS) is 17.6. The first-order chi connectivity index (χ1) is 11.0. The highest BCUT2D eigenvalue weighted by Crippen LogP contribution is 2.22. The largest absolute Gasteiger partial charge is 0.326 e. The van der Waals surface area contributed by atoms with Gasteiger partial charge in [0.2, 0.25) is 15.9 Å². The van der Waals surface area contributed by atoms with E-state index in [2.05, 4.69) is 17.5 Å². The molecule has 0 spiro atoms. The Labute approximate surface area is 138 Å². The summed E-state index contributed by atoms with van der Waals surface area (Å²) in [5.74, 6) is 0.276. The predicted molar refractivity (Wildman–Crippen MR) is 91.7 cm³/mol. The van der Waals surface area contributed by atoms with Gasteiger partial charge in [-0.2, -0.15) is 4.31 Å². The van der Waals surface area contributed by atoms with Gasteiger partial charge < -0.3 is 5.32 Å². The number of hydrogen-bond donors (Lipinski definition) is 1. The number of rotatable bonds is 7. The van der Waals surface area contributed by atoms with Gasteiger partial charge in [-0.05, 0) is 43.0 Å². The fraction of sp³-hybridized carbons (Fsp3) is 0.471. The first-order valence-corrected chi connectivity index (χ1v) is 9.48. The lowest BCUT2D eigenvalue weighted by atomic mass is 10.1. The van der Waals surface area contributed by atoms with E-state index in [9.17, 15) is 13.2 Å². The zero-order chi connectivity index (χ0) is 16.9. The second kappa shape index (κ2) is 7.75. The topological polar surface area (TPSA) is 66.5 Å². The van der Waals surface area contributed by atoms with Gasteiger partial charge in [0.15, 0.2) is 0 Å². The van der Waals surface area contributed by atoms with Gasteiger partial charge in [0.1, 0.15) is 0 Å². The quantitative estimate of drug-likeness (QED) is 0.778. The number of nitrogens with one attached hydrogen (secondary N) is 1. The van der Waals surface area contributed by atoms with E-state index in [1.807, 2.05) is 13.8 Å². The van der Waals surface area contributed by atoms with Gasteiger partial charge in [0.05, 0.1) is 4.90 Å². The van der Waals surface area contributed by atoms with Gasteiger partial charge in [0, 0.05) is 25.2 Å². The summed E-state index contributed by atoms with van der Waals surface area (Å²) in [4.78, 5) is 12.2. The molecule has 1 N–H and O–H groups in total. The third-order valence-electron chi connectivity index (χ3n) is 4.04. The number of anilines is 1. The van der Waals surface area contributed by atoms with Crippen LogP contribution in [0.5, 0.6) is 0 Å². The number of benzene rings is 1. The molecule has 0 heterocycles. The van der Waals surface area contributed by atoms with E-state index in [-0.39, 0.29) is 10.8 Å². The molecule has 1 aliphatic rings. The average Bonchev–Trinajstić information content (AvgIpc) is 3.01. The number of nitrogens with zero attached hydrogens (tertiary/aromatic N) is 1. The third-order valence-corrected chi connectivity index (χ3v) is 6.11. The molecule has 1 amide bonds. The number of carbonyl (C=O) groups excluding carboxylic acids is 1. The van der Waals surface area contributed by atoms with Crippen LogP contribution < -0.4 is 5.32 Å². The molecule has 126 valence electrons. The molecule has 0 saturated carbocycles. The van der Waals surface area contributed by atoms with Crippen LogP contribution >= 0.6 is 0 Å². The highest BCUT2D eigenvalue weighted by atomic mass is 32.2. The van der Waals surface area contributed by atoms with Crippen molar-refractivity contribution in [1.82, 2.24) is 4.31 Å². The Morgan fingerprint density at radius 2 is 1.87 bits per heavy atom. The van der Waals surface area contributed by atoms with Crippen molar-refractivity contribution in [2.45, 2.75) is 38.0 Å². The van der Waals surface area contributed by atoms with Crippen LogP contribution in [-0.2, 0) is 14.8 Å². The van der Waals surface area contributed by atoms with Crippen LogP contribution in [0.1, 0.15) is 33.1 Å². The van der Waals surface area contributed by atoms with Crippen LogP contribution in [0.4, 0.5) is 5.69 Å². The Bertz CT molecular complexity index is 662. The maximum Gasteiger partial charge on any atom is 0.243 e. The van der Waals surface area contributed by atoms with Gasteiger partial charge >= 0.3 is 0 Å². The second-order valence-corrected chi connectivity index (χ2v) is 7.57. The minimum absolute atomic E-state index is 0.0408. The summed E-state index contributed by atoms with van der Waals surface area (Å²) < 4.78 is 26.2. The fourth-order valence-corrected chi connectivity index (χ4v) is 4.20. The van der Waals surface area contributed by atoms with Gasteiger partial charge in [-0.15, -0.1) is 0 Å². The zero-order valence-corrected chi connectivity index (χ0v) is 14.5. The van der Waals surface area contributed by atoms with Crippen LogP contribution in [-0.4, -0.2) is 31.7 Å². The molecular weight excluding hydrogens is 312 g/mol. The lowest BCUT2D eigenvalue weighted by Gasteiger charge is -2.18. The molecule has 6 heteroatoms. The van der Waals surface area contributed by atoms with E-state index in [1.165, 1.54) is 4.31 Å². The molecule has 2 rings (SSSR count). The van der Waals surface area contributed by atoms with E-state index in [0.717, 1.165) is 12.8 Å². The van der Waals surface area contributed by atoms with Crippen LogP contribution in [0.25, 0.3) is 0 Å². The van der Waals surface area contributed by atoms with E-state index < -0.39 is 10.0 Å². The standard InChI is InChI=1S/C17H24N2O3S/c1-3-19(4-2)23(21,22)16-11-9-15(10-12-16)18-17(20)13-14-7-5-6-8-14/h5,7,9-12,14H,3-4,6,8,13H2,1-2H3,(H,18,20)/t14-/m1/s1. The molecule has 1 atom stereocenters. The molecule has 0 fully saturated rings. The lowest BCUT2D eigenvalue weighted by Crippen LogP contribution is -2.30. The van der Waals surface area contributed by atoms with Crippen molar-refractivity contribution in [1.29, 1.82) is 0 Å². The molecule has 1 aliphatic carbocycles. The van der Waals surface area contributed by atoms with Crippen molar-refractivity contribution in [3.05, 3.63) is 36.4 Å². The SMILES string of the molecule is CCN(CC)S(=O)(=O)c1ccc(NC(=O)C[C@@H]2C=CCC2)cc1. The van der Waals surface area contributed by atoms with Gasteiger partial charge in [0.25, 0.3) is 0 Å². The maximum absolute atomic E-state index is 12.4. The highest BCUT2D eigenvalue weighted by molar-refractivity contribution is 7.89. The summed E-state index contributed by atoms with van der Waals surface area (Å²) in [6.45, 7) is 4.50. The van der Waals surface area contributed by atoms with Crippen molar-refractivity contribution in [3.8, 4) is 0 Å². The van der Waals surface area contributed by atoms with Gasteiger partial charge in [-0.3, -0.25) is 4.79 Å². The second-order valence-electron chi connectivity index (χ2n) is 5.63. The first-order valence-electron chi connectivity index (χ1n) is 8.04. The van der Waals surface area contributed by atoms with Crippen molar-refractivity contribution in [2.75, 3.05) is 18.4 Å². The van der Waals surface area contributed by atoms with Crippen molar-refractivity contribution < 1.29 is 13.2 Å². The number of sulfonamides is 1. The third kappa shape index (κ3) is 4.42. The fourth-order valence-electron chi connectivity index (χ4n) is 2.74. The maximum atomic E-state index is 12.4. The molecule has 1 aromatic rings. The summed E-state index contributed by atoms with van der Waals surface area (Å²) in [7, 11) is -3.45. The highest BCUT2D eigenvalue weighted by Gasteiger charge is 2.21. The summed E-state index contributed by atoms with van der Waals surface area (Å²) in [5.41, 5.74) is 0.621. The summed E-state index contributed by atoms with van der Waals surface area (Å²) in [5, 5.41) is 2.82. The van der Waals surface area contributed by atoms with Crippen molar-refractivity contribution in [3.63, 3.8) is 0 Å². The number of carbonyl (C=O) groups is 1. The Hall–Kier alpha value is -1.66. The van der Waals surface area contributed by atoms with Gasteiger partial charge in [-0.25, -0.2) is 8.42 Å². The zero-order valence-electron chi connectivity index (χ0n) is 13.7. The van der Waals surface area contributed by atoms with E-state index >= 15 is 0 Å². The smallest absolute Gasteiger partial charge is 0.243 e. The predicted octanol–water partition coefficient (Wildman–Crippen LogP) is 3.01. The number of allylic oxidation sites excluding steroid dienone is 2.